The van der Waals surface area contributed by atoms with Gasteiger partial charge in [-0.2, -0.15) is 11.8 Å². The molecule has 1 atom stereocenters. The van der Waals surface area contributed by atoms with Crippen LogP contribution in [0.4, 0.5) is 0 Å². The van der Waals surface area contributed by atoms with Crippen molar-refractivity contribution in [1.82, 2.24) is 0 Å². The van der Waals surface area contributed by atoms with Gasteiger partial charge in [0.2, 0.25) is 0 Å². The van der Waals surface area contributed by atoms with Gasteiger partial charge >= 0.3 is 0 Å². The number of aryl methyl sites for hydroxylation is 1. The van der Waals surface area contributed by atoms with Gasteiger partial charge in [-0.25, -0.2) is 0 Å². The Morgan fingerprint density at radius 1 is 1.24 bits per heavy atom. The molecule has 5 heteroatoms. The lowest BCUT2D eigenvalue weighted by Crippen LogP contribution is -1.96. The Hall–Kier alpha value is 0.190. The standard InChI is InChI=1S/C16H12Br2S3/c17-12-3-1-2-10-11(8-20-16(10)12)15(18)14-6-9-7-19-5-4-13(9)21-14/h1-3,6,8,15H,4-5,7H2. The fourth-order valence-corrected chi connectivity index (χ4v) is 7.67. The molecule has 0 spiro atoms. The van der Waals surface area contributed by atoms with E-state index in [2.05, 4.69) is 73.3 Å². The average Bonchev–Trinajstić information content (AvgIpc) is 3.11. The maximum Gasteiger partial charge on any atom is 0.0752 e. The van der Waals surface area contributed by atoms with E-state index in [0.717, 1.165) is 0 Å². The summed E-state index contributed by atoms with van der Waals surface area (Å²) in [5.41, 5.74) is 2.94. The monoisotopic (exact) mass is 458 g/mol. The fourth-order valence-electron chi connectivity index (χ4n) is 2.69. The normalized spacial score (nSPS) is 16.1. The summed E-state index contributed by atoms with van der Waals surface area (Å²) in [7, 11) is 0. The highest BCUT2D eigenvalue weighted by atomic mass is 79.9. The summed E-state index contributed by atoms with van der Waals surface area (Å²) >= 11 is 13.5. The first-order valence-electron chi connectivity index (χ1n) is 6.73. The zero-order valence-electron chi connectivity index (χ0n) is 11.1. The van der Waals surface area contributed by atoms with E-state index in [1.54, 1.807) is 10.4 Å². The first kappa shape index (κ1) is 14.8. The molecule has 108 valence electrons. The van der Waals surface area contributed by atoms with E-state index in [1.807, 2.05) is 22.7 Å². The van der Waals surface area contributed by atoms with Crippen LogP contribution < -0.4 is 0 Å². The average molecular weight is 460 g/mol. The summed E-state index contributed by atoms with van der Waals surface area (Å²) in [5, 5.41) is 3.65. The van der Waals surface area contributed by atoms with E-state index in [1.165, 1.54) is 42.9 Å². The molecule has 3 aromatic rings. The summed E-state index contributed by atoms with van der Waals surface area (Å²) in [6, 6.07) is 8.88. The zero-order chi connectivity index (χ0) is 14.4. The van der Waals surface area contributed by atoms with Crippen molar-refractivity contribution in [3.8, 4) is 0 Å². The van der Waals surface area contributed by atoms with E-state index < -0.39 is 0 Å². The second-order valence-electron chi connectivity index (χ2n) is 5.07. The van der Waals surface area contributed by atoms with Crippen LogP contribution in [0.1, 0.15) is 25.7 Å². The molecule has 4 rings (SSSR count). The van der Waals surface area contributed by atoms with Crippen molar-refractivity contribution in [3.05, 3.63) is 55.0 Å². The lowest BCUT2D eigenvalue weighted by molar-refractivity contribution is 1.13. The Bertz CT molecular complexity index is 780. The predicted molar refractivity (Wildman–Crippen MR) is 104 cm³/mol. The summed E-state index contributed by atoms with van der Waals surface area (Å²) in [6.07, 6.45) is 1.24. The van der Waals surface area contributed by atoms with Crippen LogP contribution in [-0.4, -0.2) is 5.75 Å². The molecule has 3 heterocycles. The molecular weight excluding hydrogens is 448 g/mol. The third-order valence-corrected chi connectivity index (χ3v) is 9.32. The van der Waals surface area contributed by atoms with E-state index >= 15 is 0 Å². The largest absolute Gasteiger partial charge is 0.157 e. The predicted octanol–water partition coefficient (Wildman–Crippen LogP) is 7.00. The summed E-state index contributed by atoms with van der Waals surface area (Å²) < 4.78 is 2.53. The van der Waals surface area contributed by atoms with Crippen molar-refractivity contribution >= 4 is 76.4 Å². The van der Waals surface area contributed by atoms with Crippen LogP contribution >= 0.6 is 66.3 Å². The molecule has 21 heavy (non-hydrogen) atoms. The van der Waals surface area contributed by atoms with Crippen molar-refractivity contribution in [2.45, 2.75) is 17.0 Å². The van der Waals surface area contributed by atoms with Crippen molar-refractivity contribution in [2.75, 3.05) is 5.75 Å². The first-order chi connectivity index (χ1) is 10.2. The highest BCUT2D eigenvalue weighted by molar-refractivity contribution is 9.10. The van der Waals surface area contributed by atoms with Crippen LogP contribution in [0.5, 0.6) is 0 Å². The van der Waals surface area contributed by atoms with Crippen LogP contribution in [0.2, 0.25) is 0 Å². The zero-order valence-corrected chi connectivity index (χ0v) is 16.7. The van der Waals surface area contributed by atoms with Gasteiger partial charge in [-0.15, -0.1) is 22.7 Å². The molecule has 1 unspecified atom stereocenters. The highest BCUT2D eigenvalue weighted by Gasteiger charge is 2.21. The number of halogens is 2. The van der Waals surface area contributed by atoms with Crippen molar-refractivity contribution in [2.24, 2.45) is 0 Å². The van der Waals surface area contributed by atoms with Gasteiger partial charge in [0, 0.05) is 24.7 Å². The topological polar surface area (TPSA) is 0 Å². The molecule has 0 nitrogen and oxygen atoms in total. The quantitative estimate of drug-likeness (QED) is 0.371. The third-order valence-electron chi connectivity index (χ3n) is 3.75. The number of hydrogen-bond donors (Lipinski definition) is 0. The van der Waals surface area contributed by atoms with Gasteiger partial charge < -0.3 is 0 Å². The van der Waals surface area contributed by atoms with Gasteiger partial charge in [0.15, 0.2) is 0 Å². The lowest BCUT2D eigenvalue weighted by atomic mass is 10.1. The molecule has 2 aromatic heterocycles. The number of thiophene rings is 2. The van der Waals surface area contributed by atoms with Gasteiger partial charge in [-0.1, -0.05) is 28.1 Å². The van der Waals surface area contributed by atoms with E-state index in [-0.39, 0.29) is 0 Å². The second kappa shape index (κ2) is 6.00. The molecular formula is C16H12Br2S3. The number of hydrogen-bond acceptors (Lipinski definition) is 3. The minimum Gasteiger partial charge on any atom is -0.157 e. The van der Waals surface area contributed by atoms with Crippen molar-refractivity contribution in [3.63, 3.8) is 0 Å². The molecule has 0 N–H and O–H groups in total. The molecule has 1 aromatic carbocycles. The third kappa shape index (κ3) is 2.65. The van der Waals surface area contributed by atoms with Gasteiger partial charge in [-0.3, -0.25) is 0 Å². The number of rotatable bonds is 2. The van der Waals surface area contributed by atoms with E-state index in [4.69, 9.17) is 0 Å². The Morgan fingerprint density at radius 2 is 2.14 bits per heavy atom. The second-order valence-corrected chi connectivity index (χ2v) is 9.99. The Morgan fingerprint density at radius 3 is 3.00 bits per heavy atom. The fraction of sp³-hybridized carbons (Fsp3) is 0.250. The van der Waals surface area contributed by atoms with Gasteiger partial charge in [0.05, 0.1) is 4.83 Å². The SMILES string of the molecule is Brc1cccc2c(C(Br)c3cc4c(s3)CCSC4)csc12. The molecule has 0 radical (unpaired) electrons. The van der Waals surface area contributed by atoms with Crippen molar-refractivity contribution < 1.29 is 0 Å². The van der Waals surface area contributed by atoms with E-state index in [9.17, 15) is 0 Å². The number of benzene rings is 1. The number of thioether (sulfide) groups is 1. The molecule has 0 saturated heterocycles. The first-order valence-corrected chi connectivity index (χ1v) is 11.3. The smallest absolute Gasteiger partial charge is 0.0752 e. The minimum absolute atomic E-state index is 0.307. The lowest BCUT2D eigenvalue weighted by Gasteiger charge is -2.08. The highest BCUT2D eigenvalue weighted by Crippen LogP contribution is 2.44. The number of fused-ring (bicyclic) bond motifs is 2. The molecule has 0 fully saturated rings. The summed E-state index contributed by atoms with van der Waals surface area (Å²) in [5.74, 6) is 2.45. The Kier molecular flexibility index (Phi) is 4.22. The molecule has 0 amide bonds. The molecule has 0 saturated carbocycles. The maximum atomic E-state index is 3.94. The Labute approximate surface area is 153 Å². The van der Waals surface area contributed by atoms with Crippen LogP contribution in [0.15, 0.2) is 34.1 Å². The van der Waals surface area contributed by atoms with Crippen LogP contribution in [0.25, 0.3) is 10.1 Å². The molecule has 0 aliphatic carbocycles. The molecule has 1 aliphatic rings. The minimum atomic E-state index is 0.307. The number of alkyl halides is 1. The summed E-state index contributed by atoms with van der Waals surface area (Å²) in [4.78, 5) is 3.34. The molecule has 1 aliphatic heterocycles. The maximum absolute atomic E-state index is 3.94. The van der Waals surface area contributed by atoms with Gasteiger partial charge in [0.1, 0.15) is 0 Å². The summed E-state index contributed by atoms with van der Waals surface area (Å²) in [6.45, 7) is 0. The van der Waals surface area contributed by atoms with Crippen LogP contribution in [0, 0.1) is 0 Å². The van der Waals surface area contributed by atoms with E-state index in [0.29, 0.717) is 4.83 Å². The van der Waals surface area contributed by atoms with Crippen LogP contribution in [-0.2, 0) is 12.2 Å². The molecule has 0 bridgehead atoms. The van der Waals surface area contributed by atoms with Gasteiger partial charge in [0.25, 0.3) is 0 Å². The van der Waals surface area contributed by atoms with Crippen LogP contribution in [0.3, 0.4) is 0 Å². The van der Waals surface area contributed by atoms with Crippen molar-refractivity contribution in [1.29, 1.82) is 0 Å². The van der Waals surface area contributed by atoms with Gasteiger partial charge in [-0.05, 0) is 62.1 Å². The Balaban J connectivity index is 1.77.